The Hall–Kier alpha value is -3.23. The third kappa shape index (κ3) is 3.48. The number of pyridine rings is 1. The van der Waals surface area contributed by atoms with Crippen molar-refractivity contribution in [1.82, 2.24) is 14.3 Å². The molecule has 0 unspecified atom stereocenters. The number of esters is 1. The summed E-state index contributed by atoms with van der Waals surface area (Å²) in [7, 11) is 0. The summed E-state index contributed by atoms with van der Waals surface area (Å²) >= 11 is 11.8. The lowest BCUT2D eigenvalue weighted by Crippen LogP contribution is -2.35. The van der Waals surface area contributed by atoms with Gasteiger partial charge < -0.3 is 4.74 Å². The van der Waals surface area contributed by atoms with E-state index >= 15 is 0 Å². The van der Waals surface area contributed by atoms with Crippen LogP contribution in [0.15, 0.2) is 47.4 Å². The van der Waals surface area contributed by atoms with E-state index in [1.807, 2.05) is 0 Å². The van der Waals surface area contributed by atoms with E-state index < -0.39 is 24.3 Å². The van der Waals surface area contributed by atoms with Crippen molar-refractivity contribution >= 4 is 46.6 Å². The number of carbonyl (C=O) groups excluding carboxylic acids is 3. The second kappa shape index (κ2) is 7.31. The summed E-state index contributed by atoms with van der Waals surface area (Å²) in [4.78, 5) is 54.0. The molecule has 1 aliphatic rings. The van der Waals surface area contributed by atoms with Crippen molar-refractivity contribution in [3.8, 4) is 0 Å². The molecule has 2 amide bonds. The summed E-state index contributed by atoms with van der Waals surface area (Å²) in [6.07, 6.45) is 1.57. The molecule has 1 aromatic carbocycles. The highest BCUT2D eigenvalue weighted by atomic mass is 35.5. The number of aromatic nitrogens is 2. The lowest BCUT2D eigenvalue weighted by Gasteiger charge is -2.13. The number of carbonyl (C=O) groups is 3. The molecular formula is C19H11Cl2N3O5. The van der Waals surface area contributed by atoms with Crippen LogP contribution in [0.5, 0.6) is 0 Å². The molecule has 10 heteroatoms. The van der Waals surface area contributed by atoms with Crippen LogP contribution in [-0.4, -0.2) is 38.6 Å². The van der Waals surface area contributed by atoms with Gasteiger partial charge >= 0.3 is 5.97 Å². The van der Waals surface area contributed by atoms with Crippen LogP contribution in [-0.2, 0) is 16.1 Å². The molecule has 2 aromatic heterocycles. The molecule has 146 valence electrons. The number of hydrogen-bond acceptors (Lipinski definition) is 6. The van der Waals surface area contributed by atoms with Crippen molar-refractivity contribution in [1.29, 1.82) is 0 Å². The number of amides is 2. The maximum atomic E-state index is 12.4. The Morgan fingerprint density at radius 3 is 2.31 bits per heavy atom. The average Bonchev–Trinajstić information content (AvgIpc) is 2.91. The molecule has 4 rings (SSSR count). The number of imide groups is 1. The van der Waals surface area contributed by atoms with Crippen LogP contribution < -0.4 is 5.56 Å². The second-order valence-corrected chi connectivity index (χ2v) is 7.00. The fraction of sp³-hybridized carbons (Fsp3) is 0.105. The van der Waals surface area contributed by atoms with Gasteiger partial charge in [0.25, 0.3) is 17.4 Å². The molecule has 0 aliphatic carbocycles. The van der Waals surface area contributed by atoms with Gasteiger partial charge in [-0.15, -0.1) is 0 Å². The topological polar surface area (TPSA) is 98.0 Å². The quantitative estimate of drug-likeness (QED) is 0.464. The standard InChI is InChI=1S/C19H11Cl2N3O5/c20-13-6-11-12(7-14(13)21)19(28)24(18(11)27)8-17(26)29-9-10-5-16(25)23-4-2-1-3-15(23)22-10/h1-7H,8-9H2. The lowest BCUT2D eigenvalue weighted by atomic mass is 10.1. The summed E-state index contributed by atoms with van der Waals surface area (Å²) in [6, 6.07) is 8.87. The maximum Gasteiger partial charge on any atom is 0.326 e. The molecule has 0 saturated heterocycles. The van der Waals surface area contributed by atoms with Crippen molar-refractivity contribution in [2.75, 3.05) is 6.54 Å². The van der Waals surface area contributed by atoms with E-state index in [1.165, 1.54) is 22.6 Å². The van der Waals surface area contributed by atoms with Gasteiger partial charge in [0.15, 0.2) is 0 Å². The van der Waals surface area contributed by atoms with Crippen molar-refractivity contribution < 1.29 is 19.1 Å². The molecule has 0 radical (unpaired) electrons. The zero-order valence-electron chi connectivity index (χ0n) is 14.6. The lowest BCUT2D eigenvalue weighted by molar-refractivity contribution is -0.145. The van der Waals surface area contributed by atoms with E-state index in [4.69, 9.17) is 27.9 Å². The Balaban J connectivity index is 1.46. The van der Waals surface area contributed by atoms with Crippen LogP contribution in [0.2, 0.25) is 10.0 Å². The first-order valence-corrected chi connectivity index (χ1v) is 9.09. The third-order valence-electron chi connectivity index (χ3n) is 4.30. The SMILES string of the molecule is O=C(CN1C(=O)c2cc(Cl)c(Cl)cc2C1=O)OCc1cc(=O)n2ccccc2n1. The van der Waals surface area contributed by atoms with Gasteiger partial charge in [-0.2, -0.15) is 0 Å². The van der Waals surface area contributed by atoms with Gasteiger partial charge in [-0.1, -0.05) is 29.3 Å². The number of ether oxygens (including phenoxy) is 1. The first kappa shape index (κ1) is 19.1. The predicted octanol–water partition coefficient (Wildman–Crippen LogP) is 2.34. The Morgan fingerprint density at radius 2 is 1.66 bits per heavy atom. The Labute approximate surface area is 173 Å². The first-order chi connectivity index (χ1) is 13.8. The van der Waals surface area contributed by atoms with Gasteiger partial charge in [0.1, 0.15) is 18.8 Å². The van der Waals surface area contributed by atoms with Crippen LogP contribution in [0.25, 0.3) is 5.65 Å². The maximum absolute atomic E-state index is 12.4. The summed E-state index contributed by atoms with van der Waals surface area (Å²) in [5, 5.41) is 0.259. The van der Waals surface area contributed by atoms with Crippen molar-refractivity contribution in [3.05, 3.63) is 79.8 Å². The number of halogens is 2. The number of nitrogens with zero attached hydrogens (tertiary/aromatic N) is 3. The van der Waals surface area contributed by atoms with Crippen molar-refractivity contribution in [3.63, 3.8) is 0 Å². The number of hydrogen-bond donors (Lipinski definition) is 0. The normalized spacial score (nSPS) is 13.1. The van der Waals surface area contributed by atoms with Gasteiger partial charge in [0.05, 0.1) is 26.9 Å². The molecule has 0 bridgehead atoms. The van der Waals surface area contributed by atoms with Crippen LogP contribution in [0.3, 0.4) is 0 Å². The Morgan fingerprint density at radius 1 is 1.00 bits per heavy atom. The first-order valence-electron chi connectivity index (χ1n) is 8.33. The molecule has 1 aliphatic heterocycles. The molecule has 0 atom stereocenters. The molecule has 0 spiro atoms. The van der Waals surface area contributed by atoms with Crippen LogP contribution >= 0.6 is 23.2 Å². The van der Waals surface area contributed by atoms with Gasteiger partial charge in [0, 0.05) is 12.3 Å². The highest BCUT2D eigenvalue weighted by Gasteiger charge is 2.37. The van der Waals surface area contributed by atoms with Gasteiger partial charge in [-0.3, -0.25) is 28.5 Å². The minimum absolute atomic E-state index is 0.0708. The van der Waals surface area contributed by atoms with Gasteiger partial charge in [0.2, 0.25) is 0 Å². The van der Waals surface area contributed by atoms with E-state index in [-0.39, 0.29) is 39.0 Å². The van der Waals surface area contributed by atoms with Crippen LogP contribution in [0.4, 0.5) is 0 Å². The fourth-order valence-corrected chi connectivity index (χ4v) is 3.26. The van der Waals surface area contributed by atoms with E-state index in [1.54, 1.807) is 24.4 Å². The monoisotopic (exact) mass is 431 g/mol. The highest BCUT2D eigenvalue weighted by molar-refractivity contribution is 6.43. The molecule has 3 heterocycles. The van der Waals surface area contributed by atoms with E-state index in [0.717, 1.165) is 4.90 Å². The number of rotatable bonds is 4. The zero-order chi connectivity index (χ0) is 20.7. The van der Waals surface area contributed by atoms with E-state index in [0.29, 0.717) is 5.65 Å². The largest absolute Gasteiger partial charge is 0.458 e. The summed E-state index contributed by atoms with van der Waals surface area (Å²) < 4.78 is 6.44. The molecule has 8 nitrogen and oxygen atoms in total. The zero-order valence-corrected chi connectivity index (χ0v) is 16.1. The minimum atomic E-state index is -0.827. The second-order valence-electron chi connectivity index (χ2n) is 6.18. The summed E-state index contributed by atoms with van der Waals surface area (Å²) in [6.45, 7) is -0.867. The average molecular weight is 432 g/mol. The molecule has 0 fully saturated rings. The number of benzene rings is 1. The molecule has 0 saturated carbocycles. The Bertz CT molecular complexity index is 1210. The number of fused-ring (bicyclic) bond motifs is 2. The van der Waals surface area contributed by atoms with Crippen molar-refractivity contribution in [2.24, 2.45) is 0 Å². The summed E-state index contributed by atoms with van der Waals surface area (Å²) in [5.74, 6) is -2.16. The van der Waals surface area contributed by atoms with Crippen LogP contribution in [0.1, 0.15) is 26.4 Å². The Kier molecular flexibility index (Phi) is 4.81. The van der Waals surface area contributed by atoms with Gasteiger partial charge in [-0.05, 0) is 24.3 Å². The summed E-state index contributed by atoms with van der Waals surface area (Å²) in [5.41, 5.74) is 0.467. The van der Waals surface area contributed by atoms with E-state index in [9.17, 15) is 19.2 Å². The van der Waals surface area contributed by atoms with Gasteiger partial charge in [-0.25, -0.2) is 4.98 Å². The smallest absolute Gasteiger partial charge is 0.326 e. The molecule has 29 heavy (non-hydrogen) atoms. The minimum Gasteiger partial charge on any atom is -0.458 e. The third-order valence-corrected chi connectivity index (χ3v) is 5.03. The molecule has 0 N–H and O–H groups in total. The van der Waals surface area contributed by atoms with E-state index in [2.05, 4.69) is 4.98 Å². The fourth-order valence-electron chi connectivity index (χ4n) is 2.93. The highest BCUT2D eigenvalue weighted by Crippen LogP contribution is 2.31. The molecular weight excluding hydrogens is 421 g/mol. The van der Waals surface area contributed by atoms with Crippen molar-refractivity contribution in [2.45, 2.75) is 6.61 Å². The molecule has 3 aromatic rings. The van der Waals surface area contributed by atoms with Crippen LogP contribution in [0, 0.1) is 0 Å². The predicted molar refractivity (Wildman–Crippen MR) is 103 cm³/mol.